The summed E-state index contributed by atoms with van der Waals surface area (Å²) in [5.74, 6) is 1.60. The Balaban J connectivity index is 1.55. The summed E-state index contributed by atoms with van der Waals surface area (Å²) in [6, 6.07) is 3.57. The maximum atomic E-state index is 12.3. The van der Waals surface area contributed by atoms with E-state index >= 15 is 0 Å². The number of hydrogen-bond donors (Lipinski definition) is 1. The molecule has 0 spiro atoms. The topological polar surface area (TPSA) is 74.8 Å². The van der Waals surface area contributed by atoms with E-state index in [4.69, 9.17) is 0 Å². The van der Waals surface area contributed by atoms with Crippen LogP contribution in [-0.4, -0.2) is 44.1 Å². The first-order valence-corrected chi connectivity index (χ1v) is 7.30. The molecule has 6 nitrogen and oxygen atoms in total. The molecule has 0 saturated carbocycles. The molecule has 2 aromatic heterocycles. The molecule has 110 valence electrons. The van der Waals surface area contributed by atoms with Crippen LogP contribution in [0.1, 0.15) is 34.8 Å². The molecule has 6 heteroatoms. The molecule has 0 unspecified atom stereocenters. The summed E-state index contributed by atoms with van der Waals surface area (Å²) < 4.78 is 0. The molecule has 1 aliphatic rings. The van der Waals surface area contributed by atoms with Gasteiger partial charge in [0, 0.05) is 31.9 Å². The molecule has 1 amide bonds. The molecule has 21 heavy (non-hydrogen) atoms. The second kappa shape index (κ2) is 6.03. The lowest BCUT2D eigenvalue weighted by atomic mass is 9.93. The number of imidazole rings is 1. The van der Waals surface area contributed by atoms with Crippen molar-refractivity contribution in [3.63, 3.8) is 0 Å². The van der Waals surface area contributed by atoms with E-state index in [-0.39, 0.29) is 5.91 Å². The summed E-state index contributed by atoms with van der Waals surface area (Å²) in [6.45, 7) is 3.42. The zero-order chi connectivity index (χ0) is 14.7. The van der Waals surface area contributed by atoms with Gasteiger partial charge in [-0.15, -0.1) is 5.10 Å². The third-order valence-corrected chi connectivity index (χ3v) is 3.96. The highest BCUT2D eigenvalue weighted by Gasteiger charge is 2.25. The van der Waals surface area contributed by atoms with Crippen LogP contribution in [0.4, 0.5) is 0 Å². The molecule has 0 aliphatic carbocycles. The van der Waals surface area contributed by atoms with Gasteiger partial charge in [0.2, 0.25) is 0 Å². The first-order chi connectivity index (χ1) is 10.2. The van der Waals surface area contributed by atoms with Gasteiger partial charge in [0.05, 0.1) is 5.69 Å². The Morgan fingerprint density at radius 3 is 2.76 bits per heavy atom. The van der Waals surface area contributed by atoms with E-state index in [0.29, 0.717) is 11.6 Å². The summed E-state index contributed by atoms with van der Waals surface area (Å²) in [5, 5.41) is 7.93. The number of aryl methyl sites for hydroxylation is 1. The first kappa shape index (κ1) is 13.7. The molecule has 1 N–H and O–H groups in total. The van der Waals surface area contributed by atoms with Gasteiger partial charge >= 0.3 is 0 Å². The third kappa shape index (κ3) is 3.26. The molecule has 0 radical (unpaired) electrons. The van der Waals surface area contributed by atoms with Gasteiger partial charge in [-0.25, -0.2) is 4.98 Å². The van der Waals surface area contributed by atoms with Crippen molar-refractivity contribution >= 4 is 5.91 Å². The maximum Gasteiger partial charge on any atom is 0.274 e. The van der Waals surface area contributed by atoms with Crippen LogP contribution in [0.15, 0.2) is 24.5 Å². The van der Waals surface area contributed by atoms with Gasteiger partial charge in [0.15, 0.2) is 5.69 Å². The minimum atomic E-state index is -0.0149. The molecule has 1 saturated heterocycles. The predicted octanol–water partition coefficient (Wildman–Crippen LogP) is 1.60. The van der Waals surface area contributed by atoms with E-state index in [0.717, 1.165) is 43.9 Å². The lowest BCUT2D eigenvalue weighted by Gasteiger charge is -2.31. The van der Waals surface area contributed by atoms with Crippen LogP contribution in [0.25, 0.3) is 0 Å². The molecule has 1 fully saturated rings. The Kier molecular flexibility index (Phi) is 3.94. The average molecular weight is 285 g/mol. The molecule has 3 heterocycles. The molecule has 0 aromatic carbocycles. The largest absolute Gasteiger partial charge is 0.349 e. The number of nitrogens with one attached hydrogen (secondary N) is 1. The monoisotopic (exact) mass is 285 g/mol. The van der Waals surface area contributed by atoms with E-state index in [2.05, 4.69) is 20.2 Å². The zero-order valence-electron chi connectivity index (χ0n) is 12.1. The van der Waals surface area contributed by atoms with Gasteiger partial charge in [-0.05, 0) is 37.8 Å². The number of hydrogen-bond acceptors (Lipinski definition) is 4. The third-order valence-electron chi connectivity index (χ3n) is 3.96. The van der Waals surface area contributed by atoms with Crippen molar-refractivity contribution in [1.29, 1.82) is 0 Å². The number of carbonyl (C=O) groups excluding carboxylic acids is 1. The Labute approximate surface area is 123 Å². The van der Waals surface area contributed by atoms with E-state index in [1.807, 2.05) is 24.1 Å². The van der Waals surface area contributed by atoms with Crippen molar-refractivity contribution in [2.24, 2.45) is 5.92 Å². The summed E-state index contributed by atoms with van der Waals surface area (Å²) in [4.78, 5) is 21.6. The summed E-state index contributed by atoms with van der Waals surface area (Å²) in [6.07, 6.45) is 6.60. The van der Waals surface area contributed by atoms with Crippen LogP contribution in [0.2, 0.25) is 0 Å². The predicted molar refractivity (Wildman–Crippen MR) is 77.7 cm³/mol. The standard InChI is InChI=1S/C15H19N5O/c1-11-2-3-13(19-18-11)15(21)20-8-4-12(5-9-20)10-14-16-6-7-17-14/h2-3,6-7,12H,4-5,8-10H2,1H3,(H,16,17). The Morgan fingerprint density at radius 2 is 2.14 bits per heavy atom. The van der Waals surface area contributed by atoms with Crippen molar-refractivity contribution in [1.82, 2.24) is 25.1 Å². The highest BCUT2D eigenvalue weighted by atomic mass is 16.2. The molecule has 2 aromatic rings. The number of likely N-dealkylation sites (tertiary alicyclic amines) is 1. The number of carbonyl (C=O) groups is 1. The molecule has 3 rings (SSSR count). The average Bonchev–Trinajstić information content (AvgIpc) is 3.01. The minimum absolute atomic E-state index is 0.0149. The Hall–Kier alpha value is -2.24. The van der Waals surface area contributed by atoms with Crippen LogP contribution in [-0.2, 0) is 6.42 Å². The molecular weight excluding hydrogens is 266 g/mol. The second-order valence-corrected chi connectivity index (χ2v) is 5.54. The number of H-pyrrole nitrogens is 1. The smallest absolute Gasteiger partial charge is 0.274 e. The second-order valence-electron chi connectivity index (χ2n) is 5.54. The van der Waals surface area contributed by atoms with Crippen LogP contribution in [0.5, 0.6) is 0 Å². The van der Waals surface area contributed by atoms with E-state index in [9.17, 15) is 4.79 Å². The quantitative estimate of drug-likeness (QED) is 0.929. The highest BCUT2D eigenvalue weighted by molar-refractivity contribution is 5.92. The Bertz CT molecular complexity index is 585. The number of nitrogens with zero attached hydrogens (tertiary/aromatic N) is 4. The van der Waals surface area contributed by atoms with Gasteiger partial charge in [-0.1, -0.05) is 0 Å². The van der Waals surface area contributed by atoms with Crippen LogP contribution in [0.3, 0.4) is 0 Å². The van der Waals surface area contributed by atoms with Crippen molar-refractivity contribution < 1.29 is 4.79 Å². The Morgan fingerprint density at radius 1 is 1.33 bits per heavy atom. The number of piperidine rings is 1. The van der Waals surface area contributed by atoms with E-state index < -0.39 is 0 Å². The summed E-state index contributed by atoms with van der Waals surface area (Å²) in [5.41, 5.74) is 1.26. The fourth-order valence-corrected chi connectivity index (χ4v) is 2.70. The van der Waals surface area contributed by atoms with Crippen LogP contribution >= 0.6 is 0 Å². The van der Waals surface area contributed by atoms with Crippen molar-refractivity contribution in [3.05, 3.63) is 41.7 Å². The van der Waals surface area contributed by atoms with Gasteiger partial charge < -0.3 is 9.88 Å². The summed E-state index contributed by atoms with van der Waals surface area (Å²) in [7, 11) is 0. The van der Waals surface area contributed by atoms with Crippen LogP contribution in [0, 0.1) is 12.8 Å². The molecule has 0 bridgehead atoms. The zero-order valence-corrected chi connectivity index (χ0v) is 12.1. The lowest BCUT2D eigenvalue weighted by molar-refractivity contribution is 0.0682. The van der Waals surface area contributed by atoms with Crippen molar-refractivity contribution in [2.45, 2.75) is 26.2 Å². The normalized spacial score (nSPS) is 16.1. The van der Waals surface area contributed by atoms with Crippen molar-refractivity contribution in [2.75, 3.05) is 13.1 Å². The van der Waals surface area contributed by atoms with Gasteiger partial charge in [-0.2, -0.15) is 5.10 Å². The van der Waals surface area contributed by atoms with Gasteiger partial charge in [0.25, 0.3) is 5.91 Å². The maximum absolute atomic E-state index is 12.3. The molecule has 0 atom stereocenters. The minimum Gasteiger partial charge on any atom is -0.349 e. The van der Waals surface area contributed by atoms with Crippen LogP contribution < -0.4 is 0 Å². The van der Waals surface area contributed by atoms with E-state index in [1.165, 1.54) is 0 Å². The molecular formula is C15H19N5O. The fourth-order valence-electron chi connectivity index (χ4n) is 2.70. The first-order valence-electron chi connectivity index (χ1n) is 7.30. The number of aromatic nitrogens is 4. The molecule has 1 aliphatic heterocycles. The lowest BCUT2D eigenvalue weighted by Crippen LogP contribution is -2.39. The summed E-state index contributed by atoms with van der Waals surface area (Å²) >= 11 is 0. The van der Waals surface area contributed by atoms with E-state index in [1.54, 1.807) is 12.3 Å². The number of rotatable bonds is 3. The fraction of sp³-hybridized carbons (Fsp3) is 0.467. The number of aromatic amines is 1. The SMILES string of the molecule is Cc1ccc(C(=O)N2CCC(Cc3ncc[nH]3)CC2)nn1. The number of amides is 1. The van der Waals surface area contributed by atoms with Crippen molar-refractivity contribution in [3.8, 4) is 0 Å². The van der Waals surface area contributed by atoms with Gasteiger partial charge in [-0.3, -0.25) is 4.79 Å². The van der Waals surface area contributed by atoms with Gasteiger partial charge in [0.1, 0.15) is 5.82 Å². The highest BCUT2D eigenvalue weighted by Crippen LogP contribution is 2.21.